The van der Waals surface area contributed by atoms with Crippen molar-refractivity contribution in [3.8, 4) is 0 Å². The van der Waals surface area contributed by atoms with Crippen LogP contribution in [0.2, 0.25) is 0 Å². The Bertz CT molecular complexity index is 319. The third kappa shape index (κ3) is 4.91. The molecule has 0 aromatic carbocycles. The van der Waals surface area contributed by atoms with E-state index in [9.17, 15) is 8.42 Å². The molecule has 17 heavy (non-hydrogen) atoms. The highest BCUT2D eigenvalue weighted by atomic mass is 32.2. The molecule has 102 valence electrons. The third-order valence-corrected chi connectivity index (χ3v) is 4.93. The van der Waals surface area contributed by atoms with Crippen molar-refractivity contribution in [2.24, 2.45) is 5.92 Å². The Morgan fingerprint density at radius 3 is 2.71 bits per heavy atom. The van der Waals surface area contributed by atoms with E-state index in [0.29, 0.717) is 18.9 Å². The van der Waals surface area contributed by atoms with Crippen molar-refractivity contribution in [2.45, 2.75) is 45.1 Å². The van der Waals surface area contributed by atoms with Gasteiger partial charge in [-0.3, -0.25) is 0 Å². The number of nitrogens with one attached hydrogen (secondary N) is 1. The van der Waals surface area contributed by atoms with Crippen molar-refractivity contribution in [1.82, 2.24) is 9.03 Å². The SMILES string of the molecule is CC1CCCC(NS(=O)(=O)N(C)CCCO)C1. The maximum absolute atomic E-state index is 11.9. The lowest BCUT2D eigenvalue weighted by Gasteiger charge is -2.29. The molecule has 0 spiro atoms. The maximum Gasteiger partial charge on any atom is 0.279 e. The van der Waals surface area contributed by atoms with Gasteiger partial charge in [0.25, 0.3) is 10.2 Å². The highest BCUT2D eigenvalue weighted by molar-refractivity contribution is 7.87. The molecule has 2 N–H and O–H groups in total. The second kappa shape index (κ2) is 6.68. The number of aliphatic hydroxyl groups is 1. The topological polar surface area (TPSA) is 69.6 Å². The predicted octanol–water partition coefficient (Wildman–Crippen LogP) is 0.714. The van der Waals surface area contributed by atoms with Gasteiger partial charge in [-0.05, 0) is 25.2 Å². The molecule has 1 aliphatic rings. The Kier molecular flexibility index (Phi) is 5.85. The van der Waals surface area contributed by atoms with Crippen LogP contribution in [0.15, 0.2) is 0 Å². The molecule has 0 radical (unpaired) electrons. The minimum Gasteiger partial charge on any atom is -0.396 e. The van der Waals surface area contributed by atoms with Gasteiger partial charge in [0.15, 0.2) is 0 Å². The summed E-state index contributed by atoms with van der Waals surface area (Å²) in [5, 5.41) is 8.70. The minimum atomic E-state index is -3.38. The summed E-state index contributed by atoms with van der Waals surface area (Å²) in [4.78, 5) is 0. The van der Waals surface area contributed by atoms with Crippen LogP contribution in [-0.4, -0.2) is 44.1 Å². The largest absolute Gasteiger partial charge is 0.396 e. The summed E-state index contributed by atoms with van der Waals surface area (Å²) in [6.45, 7) is 2.53. The Morgan fingerprint density at radius 2 is 2.12 bits per heavy atom. The molecule has 6 heteroatoms. The molecule has 2 unspecified atom stereocenters. The lowest BCUT2D eigenvalue weighted by Crippen LogP contribution is -2.45. The minimum absolute atomic E-state index is 0.0142. The van der Waals surface area contributed by atoms with Gasteiger partial charge >= 0.3 is 0 Å². The van der Waals surface area contributed by atoms with E-state index in [1.54, 1.807) is 7.05 Å². The van der Waals surface area contributed by atoms with Crippen LogP contribution in [0.3, 0.4) is 0 Å². The average molecular weight is 264 g/mol. The van der Waals surface area contributed by atoms with Crippen molar-refractivity contribution >= 4 is 10.2 Å². The molecule has 2 atom stereocenters. The Hall–Kier alpha value is -0.170. The fraction of sp³-hybridized carbons (Fsp3) is 1.00. The van der Waals surface area contributed by atoms with E-state index >= 15 is 0 Å². The van der Waals surface area contributed by atoms with E-state index < -0.39 is 10.2 Å². The van der Waals surface area contributed by atoms with Gasteiger partial charge in [-0.15, -0.1) is 0 Å². The fourth-order valence-electron chi connectivity index (χ4n) is 2.26. The number of nitrogens with zero attached hydrogens (tertiary/aromatic N) is 1. The molecule has 0 amide bonds. The van der Waals surface area contributed by atoms with Gasteiger partial charge < -0.3 is 5.11 Å². The van der Waals surface area contributed by atoms with E-state index in [1.807, 2.05) is 0 Å². The van der Waals surface area contributed by atoms with Crippen LogP contribution >= 0.6 is 0 Å². The van der Waals surface area contributed by atoms with E-state index in [4.69, 9.17) is 5.11 Å². The summed E-state index contributed by atoms with van der Waals surface area (Å²) in [5.41, 5.74) is 0. The zero-order valence-corrected chi connectivity index (χ0v) is 11.5. The fourth-order valence-corrected chi connectivity index (χ4v) is 3.44. The van der Waals surface area contributed by atoms with E-state index in [-0.39, 0.29) is 12.6 Å². The van der Waals surface area contributed by atoms with E-state index in [2.05, 4.69) is 11.6 Å². The standard InChI is InChI=1S/C11H24N2O3S/c1-10-5-3-6-11(9-10)12-17(15,16)13(2)7-4-8-14/h10-12,14H,3-9H2,1-2H3. The first-order valence-electron chi connectivity index (χ1n) is 6.30. The van der Waals surface area contributed by atoms with Crippen LogP contribution < -0.4 is 4.72 Å². The summed E-state index contributed by atoms with van der Waals surface area (Å²) in [6, 6.07) is 0.0697. The number of hydrogen-bond donors (Lipinski definition) is 2. The highest BCUT2D eigenvalue weighted by Crippen LogP contribution is 2.24. The van der Waals surface area contributed by atoms with Crippen LogP contribution in [0.1, 0.15) is 39.0 Å². The van der Waals surface area contributed by atoms with Crippen LogP contribution in [0.25, 0.3) is 0 Å². The monoisotopic (exact) mass is 264 g/mol. The molecule has 0 saturated heterocycles. The van der Waals surface area contributed by atoms with Gasteiger partial charge in [-0.1, -0.05) is 19.8 Å². The summed E-state index contributed by atoms with van der Waals surface area (Å²) in [6.07, 6.45) is 4.61. The Morgan fingerprint density at radius 1 is 1.41 bits per heavy atom. The molecule has 1 saturated carbocycles. The predicted molar refractivity (Wildman–Crippen MR) is 67.8 cm³/mol. The van der Waals surface area contributed by atoms with Gasteiger partial charge in [0, 0.05) is 26.2 Å². The van der Waals surface area contributed by atoms with Crippen LogP contribution in [0, 0.1) is 5.92 Å². The molecule has 1 rings (SSSR count). The molecule has 1 fully saturated rings. The number of aliphatic hydroxyl groups excluding tert-OH is 1. The van der Waals surface area contributed by atoms with Crippen LogP contribution in [-0.2, 0) is 10.2 Å². The molecule has 5 nitrogen and oxygen atoms in total. The second-order valence-corrected chi connectivity index (χ2v) is 6.80. The van der Waals surface area contributed by atoms with Gasteiger partial charge in [-0.25, -0.2) is 0 Å². The summed E-state index contributed by atoms with van der Waals surface area (Å²) < 4.78 is 27.9. The first kappa shape index (κ1) is 14.9. The quantitative estimate of drug-likeness (QED) is 0.742. The van der Waals surface area contributed by atoms with Crippen molar-refractivity contribution in [2.75, 3.05) is 20.2 Å². The number of hydrogen-bond acceptors (Lipinski definition) is 3. The first-order valence-corrected chi connectivity index (χ1v) is 7.74. The van der Waals surface area contributed by atoms with Crippen LogP contribution in [0.5, 0.6) is 0 Å². The zero-order chi connectivity index (χ0) is 12.9. The van der Waals surface area contributed by atoms with Crippen molar-refractivity contribution < 1.29 is 13.5 Å². The zero-order valence-electron chi connectivity index (χ0n) is 10.7. The summed E-state index contributed by atoms with van der Waals surface area (Å²) in [7, 11) is -1.84. The highest BCUT2D eigenvalue weighted by Gasteiger charge is 2.25. The lowest BCUT2D eigenvalue weighted by molar-refractivity contribution is 0.273. The maximum atomic E-state index is 11.9. The molecule has 1 aliphatic carbocycles. The molecule has 0 aromatic heterocycles. The Balaban J connectivity index is 2.47. The average Bonchev–Trinajstić information content (AvgIpc) is 2.25. The van der Waals surface area contributed by atoms with Gasteiger partial charge in [0.1, 0.15) is 0 Å². The van der Waals surface area contributed by atoms with Crippen LogP contribution in [0.4, 0.5) is 0 Å². The van der Waals surface area contributed by atoms with E-state index in [1.165, 1.54) is 10.7 Å². The van der Waals surface area contributed by atoms with Gasteiger partial charge in [0.2, 0.25) is 0 Å². The first-order chi connectivity index (χ1) is 7.95. The molecule has 0 heterocycles. The lowest BCUT2D eigenvalue weighted by atomic mass is 9.88. The molecular weight excluding hydrogens is 240 g/mol. The summed E-state index contributed by atoms with van der Waals surface area (Å²) >= 11 is 0. The number of rotatable bonds is 6. The molecule has 0 aliphatic heterocycles. The molecule has 0 aromatic rings. The third-order valence-electron chi connectivity index (χ3n) is 3.29. The second-order valence-electron chi connectivity index (χ2n) is 4.99. The van der Waals surface area contributed by atoms with Gasteiger partial charge in [-0.2, -0.15) is 17.4 Å². The van der Waals surface area contributed by atoms with Crippen molar-refractivity contribution in [1.29, 1.82) is 0 Å². The molecular formula is C11H24N2O3S. The van der Waals surface area contributed by atoms with Gasteiger partial charge in [0.05, 0.1) is 0 Å². The normalized spacial score (nSPS) is 26.4. The summed E-state index contributed by atoms with van der Waals surface area (Å²) in [5.74, 6) is 0.596. The smallest absolute Gasteiger partial charge is 0.279 e. The van der Waals surface area contributed by atoms with Crippen molar-refractivity contribution in [3.63, 3.8) is 0 Å². The van der Waals surface area contributed by atoms with E-state index in [0.717, 1.165) is 19.3 Å². The Labute approximate surface area is 104 Å². The molecule has 0 bridgehead atoms. The van der Waals surface area contributed by atoms with Crippen molar-refractivity contribution in [3.05, 3.63) is 0 Å².